The van der Waals surface area contributed by atoms with Gasteiger partial charge in [0.2, 0.25) is 11.8 Å². The molecule has 1 N–H and O–H groups in total. The molecule has 0 bridgehead atoms. The molecule has 0 aliphatic rings. The van der Waals surface area contributed by atoms with E-state index >= 15 is 0 Å². The second-order valence-corrected chi connectivity index (χ2v) is 13.3. The fraction of sp³-hybridized carbons (Fsp3) is 0.297. The molecule has 0 radical (unpaired) electrons. The minimum absolute atomic E-state index is 0.0678. The first-order valence-corrected chi connectivity index (χ1v) is 16.9. The van der Waals surface area contributed by atoms with Gasteiger partial charge in [0.15, 0.2) is 0 Å². The van der Waals surface area contributed by atoms with Crippen molar-refractivity contribution in [1.82, 2.24) is 10.2 Å². The molecular weight excluding hydrogens is 598 g/mol. The van der Waals surface area contributed by atoms with Gasteiger partial charge < -0.3 is 15.0 Å². The normalized spacial score (nSPS) is 11.8. The van der Waals surface area contributed by atoms with Gasteiger partial charge in [0.1, 0.15) is 18.3 Å². The number of nitrogens with one attached hydrogen (secondary N) is 1. The van der Waals surface area contributed by atoms with E-state index in [2.05, 4.69) is 5.32 Å². The minimum Gasteiger partial charge on any atom is -0.497 e. The Morgan fingerprint density at radius 1 is 0.826 bits per heavy atom. The zero-order valence-electron chi connectivity index (χ0n) is 27.2. The summed E-state index contributed by atoms with van der Waals surface area (Å²) in [7, 11) is -2.61. The topological polar surface area (TPSA) is 96.0 Å². The molecule has 0 heterocycles. The summed E-state index contributed by atoms with van der Waals surface area (Å²) < 4.78 is 35.2. The highest BCUT2D eigenvalue weighted by molar-refractivity contribution is 7.92. The molecule has 2 amide bonds. The van der Waals surface area contributed by atoms with Gasteiger partial charge in [-0.25, -0.2) is 8.42 Å². The maximum absolute atomic E-state index is 14.6. The first kappa shape index (κ1) is 34.2. The van der Waals surface area contributed by atoms with Crippen LogP contribution in [0.5, 0.6) is 5.75 Å². The number of aryl methyl sites for hydroxylation is 3. The summed E-state index contributed by atoms with van der Waals surface area (Å²) in [6.07, 6.45) is 0.975. The largest absolute Gasteiger partial charge is 0.497 e. The van der Waals surface area contributed by atoms with E-state index in [9.17, 15) is 18.0 Å². The van der Waals surface area contributed by atoms with Crippen LogP contribution in [0.15, 0.2) is 102 Å². The van der Waals surface area contributed by atoms with Crippen LogP contribution in [-0.2, 0) is 32.6 Å². The molecule has 0 aromatic heterocycles. The third-order valence-corrected chi connectivity index (χ3v) is 9.60. The first-order valence-electron chi connectivity index (χ1n) is 15.4. The molecule has 0 aliphatic carbocycles. The van der Waals surface area contributed by atoms with Gasteiger partial charge >= 0.3 is 0 Å². The molecule has 1 atom stereocenters. The minimum atomic E-state index is -4.18. The molecule has 0 saturated heterocycles. The highest BCUT2D eigenvalue weighted by Crippen LogP contribution is 2.29. The number of carbonyl (C=O) groups excluding carboxylic acids is 2. The molecule has 8 nitrogen and oxygen atoms in total. The number of sulfonamides is 1. The maximum atomic E-state index is 14.6. The molecular formula is C37H43N3O5S. The van der Waals surface area contributed by atoms with Crippen molar-refractivity contribution in [3.8, 4) is 5.75 Å². The summed E-state index contributed by atoms with van der Waals surface area (Å²) in [5, 5.41) is 2.97. The van der Waals surface area contributed by atoms with Gasteiger partial charge in [-0.05, 0) is 79.8 Å². The number of amides is 2. The maximum Gasteiger partial charge on any atom is 0.264 e. The van der Waals surface area contributed by atoms with Gasteiger partial charge in [-0.3, -0.25) is 13.9 Å². The van der Waals surface area contributed by atoms with Crippen LogP contribution in [0.3, 0.4) is 0 Å². The van der Waals surface area contributed by atoms with Crippen LogP contribution < -0.4 is 14.4 Å². The summed E-state index contributed by atoms with van der Waals surface area (Å²) in [4.78, 5) is 30.0. The van der Waals surface area contributed by atoms with E-state index in [4.69, 9.17) is 4.74 Å². The van der Waals surface area contributed by atoms with Crippen molar-refractivity contribution in [1.29, 1.82) is 0 Å². The number of methoxy groups -OCH3 is 1. The predicted octanol–water partition coefficient (Wildman–Crippen LogP) is 5.98. The number of nitrogens with zero attached hydrogens (tertiary/aromatic N) is 2. The lowest BCUT2D eigenvalue weighted by Gasteiger charge is -2.34. The SMILES string of the molecule is CCCNC(=O)C(Cc1ccccc1)N(Cc1cccc(OC)c1)C(=O)CN(c1cc(C)ccc1C)S(=O)(=O)c1ccc(C)cc1. The fourth-order valence-corrected chi connectivity index (χ4v) is 6.70. The molecule has 4 aromatic carbocycles. The van der Waals surface area contributed by atoms with E-state index in [-0.39, 0.29) is 23.8 Å². The van der Waals surface area contributed by atoms with E-state index in [0.29, 0.717) is 23.5 Å². The molecule has 0 saturated carbocycles. The molecule has 0 spiro atoms. The van der Waals surface area contributed by atoms with Gasteiger partial charge in [0, 0.05) is 19.5 Å². The molecule has 0 fully saturated rings. The molecule has 4 rings (SSSR count). The van der Waals surface area contributed by atoms with Crippen LogP contribution in [0.4, 0.5) is 5.69 Å². The number of benzene rings is 4. The number of hydrogen-bond donors (Lipinski definition) is 1. The van der Waals surface area contributed by atoms with Gasteiger partial charge in [-0.15, -0.1) is 0 Å². The van der Waals surface area contributed by atoms with Crippen molar-refractivity contribution in [2.45, 2.75) is 58.0 Å². The third-order valence-electron chi connectivity index (χ3n) is 7.83. The van der Waals surface area contributed by atoms with Crippen molar-refractivity contribution in [2.75, 3.05) is 24.5 Å². The number of ether oxygens (including phenoxy) is 1. The number of rotatable bonds is 14. The molecule has 9 heteroatoms. The standard InChI is InChI=1S/C37H43N3O5S/c1-6-21-38-37(42)35(24-30-11-8-7-9-12-30)39(25-31-13-10-14-32(23-31)45-5)36(41)26-40(34-22-28(3)15-18-29(34)4)46(43,44)33-19-16-27(2)17-20-33/h7-20,22-23,35H,6,21,24-26H2,1-5H3,(H,38,42). The zero-order chi connectivity index (χ0) is 33.3. The van der Waals surface area contributed by atoms with E-state index < -0.39 is 28.5 Å². The smallest absolute Gasteiger partial charge is 0.264 e. The van der Waals surface area contributed by atoms with Crippen molar-refractivity contribution >= 4 is 27.5 Å². The van der Waals surface area contributed by atoms with Crippen molar-refractivity contribution in [3.05, 3.63) is 125 Å². The lowest BCUT2D eigenvalue weighted by molar-refractivity contribution is -0.140. The van der Waals surface area contributed by atoms with E-state index in [1.165, 1.54) is 9.21 Å². The Morgan fingerprint density at radius 3 is 2.17 bits per heavy atom. The van der Waals surface area contributed by atoms with Crippen LogP contribution in [0, 0.1) is 20.8 Å². The third kappa shape index (κ3) is 8.54. The summed E-state index contributed by atoms with van der Waals surface area (Å²) >= 11 is 0. The highest BCUT2D eigenvalue weighted by Gasteiger charge is 2.35. The molecule has 0 aliphatic heterocycles. The fourth-order valence-electron chi connectivity index (χ4n) is 5.23. The Labute approximate surface area is 273 Å². The van der Waals surface area contributed by atoms with Crippen molar-refractivity contribution in [2.24, 2.45) is 0 Å². The van der Waals surface area contributed by atoms with Crippen LogP contribution >= 0.6 is 0 Å². The van der Waals surface area contributed by atoms with Gasteiger partial charge in [0.25, 0.3) is 10.0 Å². The van der Waals surface area contributed by atoms with Crippen LogP contribution in [0.1, 0.15) is 41.2 Å². The van der Waals surface area contributed by atoms with Gasteiger partial charge in [-0.1, -0.05) is 79.2 Å². The lowest BCUT2D eigenvalue weighted by atomic mass is 10.0. The Hall–Kier alpha value is -4.63. The Balaban J connectivity index is 1.83. The average molecular weight is 642 g/mol. The summed E-state index contributed by atoms with van der Waals surface area (Å²) in [6, 6.07) is 28.0. The van der Waals surface area contributed by atoms with E-state index in [1.807, 2.05) is 94.4 Å². The second-order valence-electron chi connectivity index (χ2n) is 11.5. The predicted molar refractivity (Wildman–Crippen MR) is 182 cm³/mol. The zero-order valence-corrected chi connectivity index (χ0v) is 28.0. The van der Waals surface area contributed by atoms with Crippen LogP contribution in [-0.4, -0.2) is 51.4 Å². The Bertz CT molecular complexity index is 1740. The van der Waals surface area contributed by atoms with Gasteiger partial charge in [0.05, 0.1) is 17.7 Å². The summed E-state index contributed by atoms with van der Waals surface area (Å²) in [5.41, 5.74) is 4.50. The summed E-state index contributed by atoms with van der Waals surface area (Å²) in [6.45, 7) is 7.56. The highest BCUT2D eigenvalue weighted by atomic mass is 32.2. The molecule has 46 heavy (non-hydrogen) atoms. The second kappa shape index (κ2) is 15.6. The van der Waals surface area contributed by atoms with E-state index in [1.54, 1.807) is 37.4 Å². The monoisotopic (exact) mass is 641 g/mol. The quantitative estimate of drug-likeness (QED) is 0.183. The Kier molecular flexibility index (Phi) is 11.6. The molecule has 1 unspecified atom stereocenters. The lowest BCUT2D eigenvalue weighted by Crippen LogP contribution is -2.53. The van der Waals surface area contributed by atoms with Crippen LogP contribution in [0.25, 0.3) is 0 Å². The van der Waals surface area contributed by atoms with Crippen molar-refractivity contribution < 1.29 is 22.7 Å². The first-order chi connectivity index (χ1) is 22.0. The Morgan fingerprint density at radius 2 is 1.50 bits per heavy atom. The number of anilines is 1. The van der Waals surface area contributed by atoms with E-state index in [0.717, 1.165) is 28.7 Å². The van der Waals surface area contributed by atoms with Crippen molar-refractivity contribution in [3.63, 3.8) is 0 Å². The average Bonchev–Trinajstić information content (AvgIpc) is 3.05. The van der Waals surface area contributed by atoms with Crippen LogP contribution in [0.2, 0.25) is 0 Å². The molecule has 4 aromatic rings. The molecule has 242 valence electrons. The van der Waals surface area contributed by atoms with Gasteiger partial charge in [-0.2, -0.15) is 0 Å². The number of hydrogen-bond acceptors (Lipinski definition) is 5. The number of carbonyl (C=O) groups is 2. The summed E-state index contributed by atoms with van der Waals surface area (Å²) in [5.74, 6) is -0.201.